The summed E-state index contributed by atoms with van der Waals surface area (Å²) in [5.41, 5.74) is -0.452. The minimum absolute atomic E-state index is 0. The molecule has 4 aliphatic rings. The van der Waals surface area contributed by atoms with Gasteiger partial charge in [0.2, 0.25) is 0 Å². The third-order valence-corrected chi connectivity index (χ3v) is 16.3. The van der Waals surface area contributed by atoms with Gasteiger partial charge in [-0.05, 0) is 92.2 Å². The van der Waals surface area contributed by atoms with Crippen molar-refractivity contribution in [3.8, 4) is 11.5 Å². The molecule has 4 atom stereocenters. The molecule has 8 rings (SSSR count). The van der Waals surface area contributed by atoms with Gasteiger partial charge in [0, 0.05) is 41.5 Å². The molecule has 3 N–H and O–H groups in total. The van der Waals surface area contributed by atoms with Crippen molar-refractivity contribution in [1.82, 2.24) is 10.3 Å². The van der Waals surface area contributed by atoms with E-state index in [-0.39, 0.29) is 79.0 Å². The number of nitrogens with two attached hydrogens (primary N) is 1. The molecule has 4 aromatic rings. The van der Waals surface area contributed by atoms with Crippen molar-refractivity contribution >= 4 is 42.9 Å². The van der Waals surface area contributed by atoms with Crippen molar-refractivity contribution in [2.24, 2.45) is 17.7 Å². The van der Waals surface area contributed by atoms with Crippen molar-refractivity contribution < 1.29 is 43.9 Å². The van der Waals surface area contributed by atoms with Gasteiger partial charge < -0.3 is 14.8 Å². The van der Waals surface area contributed by atoms with Gasteiger partial charge in [0.25, 0.3) is 0 Å². The van der Waals surface area contributed by atoms with Crippen LogP contribution in [0.5, 0.6) is 11.5 Å². The van der Waals surface area contributed by atoms with Crippen LogP contribution < -0.4 is 20.6 Å². The van der Waals surface area contributed by atoms with Gasteiger partial charge >= 0.3 is 0 Å². The first-order chi connectivity index (χ1) is 25.1. The van der Waals surface area contributed by atoms with E-state index in [9.17, 15) is 34.4 Å². The highest BCUT2D eigenvalue weighted by atomic mass is 35.5. The number of ether oxygens (including phenoxy) is 2. The topological polar surface area (TPSA) is 128 Å². The monoisotopic (exact) mass is 829 g/mol. The second-order valence-corrected chi connectivity index (χ2v) is 18.7. The average Bonchev–Trinajstić information content (AvgIpc) is 3.14. The Morgan fingerprint density at radius 3 is 1.57 bits per heavy atom. The summed E-state index contributed by atoms with van der Waals surface area (Å²) in [5, 5.41) is 5.38. The summed E-state index contributed by atoms with van der Waals surface area (Å²) in [6, 6.07) is 15.2. The van der Waals surface area contributed by atoms with E-state index in [1.54, 1.807) is 0 Å². The predicted octanol–water partition coefficient (Wildman–Crippen LogP) is 6.80. The fourth-order valence-electron chi connectivity index (χ4n) is 8.12. The van der Waals surface area contributed by atoms with E-state index in [0.717, 1.165) is 24.3 Å². The van der Waals surface area contributed by atoms with Crippen LogP contribution in [0.4, 0.5) is 17.6 Å². The largest absolute Gasteiger partial charge is 0.490 e. The van der Waals surface area contributed by atoms with E-state index in [1.807, 2.05) is 0 Å². The van der Waals surface area contributed by atoms with Crippen LogP contribution in [0.15, 0.2) is 82.6 Å². The third kappa shape index (κ3) is 6.25. The molecule has 54 heavy (non-hydrogen) atoms. The number of hydrazine groups is 1. The zero-order valence-electron chi connectivity index (χ0n) is 27.8. The quantitative estimate of drug-likeness (QED) is 0.169. The molecule has 0 unspecified atom stereocenters. The Morgan fingerprint density at radius 2 is 1.09 bits per heavy atom. The summed E-state index contributed by atoms with van der Waals surface area (Å²) in [4.78, 5) is 0.0317. The van der Waals surface area contributed by atoms with Gasteiger partial charge in [-0.2, -0.15) is 0 Å². The first-order valence-electron chi connectivity index (χ1n) is 16.6. The Morgan fingerprint density at radius 1 is 0.667 bits per heavy atom. The molecule has 9 nitrogen and oxygen atoms in total. The lowest BCUT2D eigenvalue weighted by atomic mass is 9.78. The van der Waals surface area contributed by atoms with E-state index < -0.39 is 64.3 Å². The number of rotatable bonds is 4. The van der Waals surface area contributed by atoms with Gasteiger partial charge in [-0.3, -0.25) is 5.84 Å². The number of hydrogen-bond donors (Lipinski definition) is 2. The summed E-state index contributed by atoms with van der Waals surface area (Å²) in [7, 11) is -8.14. The number of piperidine rings is 2. The minimum atomic E-state index is -4.10. The van der Waals surface area contributed by atoms with Crippen LogP contribution in [0, 0.1) is 35.1 Å². The highest BCUT2D eigenvalue weighted by Crippen LogP contribution is 2.55. The molecule has 0 amide bonds. The van der Waals surface area contributed by atoms with Crippen LogP contribution in [-0.2, 0) is 29.2 Å². The number of nitrogens with one attached hydrogen (secondary N) is 1. The van der Waals surface area contributed by atoms with Crippen LogP contribution in [0.2, 0.25) is 10.0 Å². The highest BCUT2D eigenvalue weighted by molar-refractivity contribution is 7.92. The lowest BCUT2D eigenvalue weighted by Crippen LogP contribution is -2.59. The molecular formula is C37H37Cl2F4N3O6S2. The zero-order valence-corrected chi connectivity index (χ0v) is 30.9. The average molecular weight is 831 g/mol. The lowest BCUT2D eigenvalue weighted by Gasteiger charge is -2.49. The van der Waals surface area contributed by atoms with Crippen LogP contribution in [-0.4, -0.2) is 61.2 Å². The second kappa shape index (κ2) is 14.9. The van der Waals surface area contributed by atoms with Gasteiger partial charge in [0.15, 0.2) is 42.8 Å². The summed E-state index contributed by atoms with van der Waals surface area (Å²) < 4.78 is 121. The molecule has 0 radical (unpaired) electrons. The molecule has 17 heteroatoms. The van der Waals surface area contributed by atoms with Crippen molar-refractivity contribution in [1.29, 1.82) is 0 Å². The van der Waals surface area contributed by atoms with E-state index >= 15 is 0 Å². The number of benzene rings is 4. The first-order valence-corrected chi connectivity index (χ1v) is 20.3. The molecule has 4 aliphatic heterocycles. The Balaban J connectivity index is 0.000000181. The van der Waals surface area contributed by atoms with Crippen molar-refractivity contribution in [2.45, 2.75) is 39.6 Å². The van der Waals surface area contributed by atoms with Gasteiger partial charge in [-0.25, -0.2) is 39.4 Å². The Bertz CT molecular complexity index is 2290. The maximum Gasteiger partial charge on any atom is 0.188 e. The van der Waals surface area contributed by atoms with Crippen molar-refractivity contribution in [2.75, 3.05) is 39.4 Å². The lowest BCUT2D eigenvalue weighted by molar-refractivity contribution is 0.0690. The van der Waals surface area contributed by atoms with E-state index in [4.69, 9.17) is 38.5 Å². The molecule has 290 valence electrons. The Labute approximate surface area is 321 Å². The summed E-state index contributed by atoms with van der Waals surface area (Å²) >= 11 is 11.8. The number of nitrogens with zero attached hydrogens (tertiary/aromatic N) is 1. The van der Waals surface area contributed by atoms with Crippen LogP contribution >= 0.6 is 23.2 Å². The molecule has 0 aromatic heterocycles. The highest BCUT2D eigenvalue weighted by Gasteiger charge is 2.60. The normalized spacial score (nSPS) is 24.8. The molecular weight excluding hydrogens is 793 g/mol. The SMILES string of the molecule is C.NN1CC[C@@]2(S(=O)(=O)c3ccc(Cl)cc3)c3c(F)ccc(F)c3OC[C@H]2C1.O=S(=O)(c1ccc(Cl)cc1)[C@@]12CCNC[C@@H]1COc1c(F)ccc(F)c12. The maximum atomic E-state index is 14.9. The molecule has 0 saturated carbocycles. The fourth-order valence-corrected chi connectivity index (χ4v) is 13.0. The van der Waals surface area contributed by atoms with Gasteiger partial charge in [-0.15, -0.1) is 0 Å². The summed E-state index contributed by atoms with van der Waals surface area (Å²) in [6.07, 6.45) is 0.148. The molecule has 4 heterocycles. The Kier molecular flexibility index (Phi) is 11.1. The minimum Gasteiger partial charge on any atom is -0.490 e. The smallest absolute Gasteiger partial charge is 0.188 e. The van der Waals surface area contributed by atoms with E-state index in [0.29, 0.717) is 23.1 Å². The van der Waals surface area contributed by atoms with Gasteiger partial charge in [0.05, 0.1) is 34.1 Å². The number of hydrogen-bond acceptors (Lipinski definition) is 9. The standard InChI is InChI=1S/C18H17ClF2N2O3S.C18H16ClF2NO3S.CH4/c19-12-1-3-13(4-2-12)27(24,25)18-7-8-23(22)9-11(18)10-26-17-15(21)6-5-14(20)16(17)18;19-12-1-3-13(4-2-12)26(23,24)18-7-8-22-9-11(18)10-25-17-15(21)6-5-14(20)16(17)18;/h1-6,11H,7-10,22H2;1-6,11,22H,7-10H2;1H4/t2*11-,18+;/m11./s1. The number of sulfone groups is 2. The maximum absolute atomic E-state index is 14.9. The number of fused-ring (bicyclic) bond motifs is 6. The molecule has 4 aromatic carbocycles. The van der Waals surface area contributed by atoms with Gasteiger partial charge in [0.1, 0.15) is 21.1 Å². The molecule has 2 fully saturated rings. The third-order valence-electron chi connectivity index (χ3n) is 10.6. The van der Waals surface area contributed by atoms with Crippen molar-refractivity contribution in [3.05, 3.63) is 117 Å². The van der Waals surface area contributed by atoms with Crippen LogP contribution in [0.1, 0.15) is 31.4 Å². The predicted molar refractivity (Wildman–Crippen MR) is 196 cm³/mol. The summed E-state index contributed by atoms with van der Waals surface area (Å²) in [5.74, 6) is 0.926. The zero-order chi connectivity index (χ0) is 37.9. The first kappa shape index (κ1) is 40.2. The van der Waals surface area contributed by atoms with Crippen LogP contribution in [0.3, 0.4) is 0 Å². The number of halogens is 6. The van der Waals surface area contributed by atoms with E-state index in [2.05, 4.69) is 5.32 Å². The Hall–Kier alpha value is -3.44. The van der Waals surface area contributed by atoms with E-state index in [1.165, 1.54) is 53.5 Å². The fraction of sp³-hybridized carbons (Fsp3) is 0.351. The molecule has 2 saturated heterocycles. The van der Waals surface area contributed by atoms with Crippen LogP contribution in [0.25, 0.3) is 0 Å². The van der Waals surface area contributed by atoms with Crippen molar-refractivity contribution in [3.63, 3.8) is 0 Å². The molecule has 0 bridgehead atoms. The van der Waals surface area contributed by atoms with Gasteiger partial charge in [-0.1, -0.05) is 30.6 Å². The molecule has 0 aliphatic carbocycles. The second-order valence-electron chi connectivity index (χ2n) is 13.4. The summed E-state index contributed by atoms with van der Waals surface area (Å²) in [6.45, 7) is 1.03. The molecule has 0 spiro atoms.